The normalized spacial score (nSPS) is 21.4. The van der Waals surface area contributed by atoms with E-state index >= 15 is 0 Å². The molecule has 1 fully saturated rings. The Morgan fingerprint density at radius 3 is 2.95 bits per heavy atom. The van der Waals surface area contributed by atoms with Gasteiger partial charge in [-0.25, -0.2) is 4.39 Å². The van der Waals surface area contributed by atoms with E-state index in [1.807, 2.05) is 6.92 Å². The molecule has 0 aromatic heterocycles. The number of halogens is 1. The number of likely N-dealkylation sites (tertiary alicyclic amines) is 1. The average Bonchev–Trinajstić information content (AvgIpc) is 2.40. The molecule has 6 heteroatoms. The number of hydrogen-bond acceptors (Lipinski definition) is 4. The summed E-state index contributed by atoms with van der Waals surface area (Å²) in [5.41, 5.74) is -0.209. The van der Waals surface area contributed by atoms with Crippen molar-refractivity contribution < 1.29 is 9.31 Å². The molecule has 0 aliphatic carbocycles. The summed E-state index contributed by atoms with van der Waals surface area (Å²) in [5.74, 6) is -0.205. The minimum atomic E-state index is -0.574. The monoisotopic (exact) mass is 281 g/mol. The maximum atomic E-state index is 13.8. The van der Waals surface area contributed by atoms with Crippen molar-refractivity contribution in [1.29, 1.82) is 0 Å². The number of para-hydroxylation sites is 1. The lowest BCUT2D eigenvalue weighted by atomic mass is 9.91. The van der Waals surface area contributed by atoms with Crippen LogP contribution in [0.25, 0.3) is 0 Å². The topological polar surface area (TPSA) is 58.4 Å². The first-order chi connectivity index (χ1) is 9.49. The molecule has 2 atom stereocenters. The van der Waals surface area contributed by atoms with E-state index < -0.39 is 10.7 Å². The lowest BCUT2D eigenvalue weighted by Crippen LogP contribution is -2.40. The highest BCUT2D eigenvalue weighted by Crippen LogP contribution is 2.30. The Kier molecular flexibility index (Phi) is 4.54. The number of piperidine rings is 1. The molecule has 1 aromatic carbocycles. The molecule has 0 radical (unpaired) electrons. The zero-order chi connectivity index (χ0) is 14.7. The second-order valence-corrected chi connectivity index (χ2v) is 5.49. The van der Waals surface area contributed by atoms with Gasteiger partial charge in [0.25, 0.3) is 5.69 Å². The van der Waals surface area contributed by atoms with Gasteiger partial charge in [-0.15, -0.1) is 0 Å². The molecule has 1 aliphatic rings. The van der Waals surface area contributed by atoms with Crippen molar-refractivity contribution in [3.05, 3.63) is 34.1 Å². The second kappa shape index (κ2) is 6.17. The van der Waals surface area contributed by atoms with Gasteiger partial charge in [-0.1, -0.05) is 6.07 Å². The van der Waals surface area contributed by atoms with Crippen LogP contribution >= 0.6 is 0 Å². The van der Waals surface area contributed by atoms with Crippen LogP contribution in [0.4, 0.5) is 15.8 Å². The van der Waals surface area contributed by atoms with E-state index in [-0.39, 0.29) is 17.4 Å². The van der Waals surface area contributed by atoms with Crippen molar-refractivity contribution in [2.75, 3.05) is 25.5 Å². The van der Waals surface area contributed by atoms with Crippen LogP contribution in [0.15, 0.2) is 18.2 Å². The third-order valence-electron chi connectivity index (χ3n) is 3.93. The molecule has 1 saturated heterocycles. The van der Waals surface area contributed by atoms with Gasteiger partial charge in [-0.05, 0) is 45.3 Å². The Hall–Kier alpha value is -1.69. The Morgan fingerprint density at radius 2 is 2.30 bits per heavy atom. The second-order valence-electron chi connectivity index (χ2n) is 5.49. The van der Waals surface area contributed by atoms with Crippen molar-refractivity contribution in [2.24, 2.45) is 5.92 Å². The zero-order valence-electron chi connectivity index (χ0n) is 11.8. The summed E-state index contributed by atoms with van der Waals surface area (Å²) in [4.78, 5) is 12.7. The molecule has 110 valence electrons. The first kappa shape index (κ1) is 14.7. The maximum absolute atomic E-state index is 13.8. The molecule has 1 N–H and O–H groups in total. The van der Waals surface area contributed by atoms with E-state index in [4.69, 9.17) is 0 Å². The van der Waals surface area contributed by atoms with Crippen molar-refractivity contribution >= 4 is 11.4 Å². The summed E-state index contributed by atoms with van der Waals surface area (Å²) in [6.45, 7) is 3.96. The Balaban J connectivity index is 2.15. The van der Waals surface area contributed by atoms with Gasteiger partial charge in [-0.2, -0.15) is 0 Å². The van der Waals surface area contributed by atoms with Crippen molar-refractivity contribution in [3.8, 4) is 0 Å². The van der Waals surface area contributed by atoms with Gasteiger partial charge in [0.15, 0.2) is 5.82 Å². The van der Waals surface area contributed by atoms with E-state index in [1.165, 1.54) is 18.2 Å². The summed E-state index contributed by atoms with van der Waals surface area (Å²) in [7, 11) is 2.06. The highest BCUT2D eigenvalue weighted by atomic mass is 19.1. The fourth-order valence-electron chi connectivity index (χ4n) is 2.77. The third-order valence-corrected chi connectivity index (χ3v) is 3.93. The smallest absolute Gasteiger partial charge is 0.295 e. The van der Waals surface area contributed by atoms with E-state index in [0.717, 1.165) is 25.9 Å². The van der Waals surface area contributed by atoms with Crippen LogP contribution in [0, 0.1) is 21.8 Å². The molecule has 1 aliphatic heterocycles. The zero-order valence-corrected chi connectivity index (χ0v) is 11.8. The highest BCUT2D eigenvalue weighted by Gasteiger charge is 2.26. The highest BCUT2D eigenvalue weighted by molar-refractivity contribution is 5.62. The molecule has 2 rings (SSSR count). The largest absolute Gasteiger partial charge is 0.374 e. The van der Waals surface area contributed by atoms with E-state index in [0.29, 0.717) is 5.92 Å². The van der Waals surface area contributed by atoms with Gasteiger partial charge < -0.3 is 10.2 Å². The number of nitro groups is 1. The lowest BCUT2D eigenvalue weighted by molar-refractivity contribution is -0.384. The van der Waals surface area contributed by atoms with E-state index in [2.05, 4.69) is 17.3 Å². The number of hydrogen-bond donors (Lipinski definition) is 1. The molecule has 0 saturated carbocycles. The van der Waals surface area contributed by atoms with Crippen LogP contribution in [0.3, 0.4) is 0 Å². The van der Waals surface area contributed by atoms with Gasteiger partial charge >= 0.3 is 0 Å². The van der Waals surface area contributed by atoms with Crippen LogP contribution in [-0.2, 0) is 0 Å². The number of anilines is 1. The molecule has 5 nitrogen and oxygen atoms in total. The maximum Gasteiger partial charge on any atom is 0.295 e. The first-order valence-electron chi connectivity index (χ1n) is 6.87. The van der Waals surface area contributed by atoms with Gasteiger partial charge in [0.05, 0.1) is 4.92 Å². The minimum Gasteiger partial charge on any atom is -0.374 e. The van der Waals surface area contributed by atoms with E-state index in [9.17, 15) is 14.5 Å². The Morgan fingerprint density at radius 1 is 1.55 bits per heavy atom. The van der Waals surface area contributed by atoms with Crippen molar-refractivity contribution in [2.45, 2.75) is 25.8 Å². The molecule has 0 bridgehead atoms. The number of rotatable bonds is 4. The lowest BCUT2D eigenvalue weighted by Gasteiger charge is -2.34. The van der Waals surface area contributed by atoms with Crippen LogP contribution in [0.1, 0.15) is 19.8 Å². The van der Waals surface area contributed by atoms with Gasteiger partial charge in [0.2, 0.25) is 0 Å². The molecule has 1 heterocycles. The van der Waals surface area contributed by atoms with Crippen molar-refractivity contribution in [1.82, 2.24) is 4.90 Å². The van der Waals surface area contributed by atoms with Crippen molar-refractivity contribution in [3.63, 3.8) is 0 Å². The summed E-state index contributed by atoms with van der Waals surface area (Å²) in [6, 6.07) is 3.92. The quantitative estimate of drug-likeness (QED) is 0.681. The van der Waals surface area contributed by atoms with Crippen LogP contribution in [-0.4, -0.2) is 36.0 Å². The summed E-state index contributed by atoms with van der Waals surface area (Å²) >= 11 is 0. The fourth-order valence-corrected chi connectivity index (χ4v) is 2.77. The van der Waals surface area contributed by atoms with Gasteiger partial charge in [0, 0.05) is 18.7 Å². The molecular weight excluding hydrogens is 261 g/mol. The minimum absolute atomic E-state index is 0.00164. The standard InChI is InChI=1S/C14H20FN3O2/c1-10(11-5-4-8-17(2)9-11)16-14-12(15)6-3-7-13(14)18(19)20/h3,6-7,10-11,16H,4-5,8-9H2,1-2H3. The Labute approximate surface area is 117 Å². The summed E-state index contributed by atoms with van der Waals surface area (Å²) in [6.07, 6.45) is 2.16. The molecule has 0 spiro atoms. The summed E-state index contributed by atoms with van der Waals surface area (Å²) in [5, 5.41) is 14.0. The van der Waals surface area contributed by atoms with Gasteiger partial charge in [-0.3, -0.25) is 10.1 Å². The molecular formula is C14H20FN3O2. The molecule has 20 heavy (non-hydrogen) atoms. The third kappa shape index (κ3) is 3.25. The summed E-state index contributed by atoms with van der Waals surface area (Å²) < 4.78 is 13.8. The molecule has 0 amide bonds. The van der Waals surface area contributed by atoms with Crippen LogP contribution in [0.2, 0.25) is 0 Å². The SMILES string of the molecule is CC(Nc1c(F)cccc1[N+](=O)[O-])C1CCCN(C)C1. The van der Waals surface area contributed by atoms with E-state index in [1.54, 1.807) is 0 Å². The number of nitrogens with zero attached hydrogens (tertiary/aromatic N) is 2. The van der Waals surface area contributed by atoms with Crippen LogP contribution < -0.4 is 5.32 Å². The molecule has 2 unspecified atom stereocenters. The average molecular weight is 281 g/mol. The predicted molar refractivity (Wildman–Crippen MR) is 76.4 cm³/mol. The fraction of sp³-hybridized carbons (Fsp3) is 0.571. The van der Waals surface area contributed by atoms with Gasteiger partial charge in [0.1, 0.15) is 5.69 Å². The predicted octanol–water partition coefficient (Wildman–Crippen LogP) is 2.88. The number of nitro benzene ring substituents is 1. The Bertz CT molecular complexity index is 495. The first-order valence-corrected chi connectivity index (χ1v) is 6.87. The molecule has 1 aromatic rings. The van der Waals surface area contributed by atoms with Crippen LogP contribution in [0.5, 0.6) is 0 Å². The number of nitrogens with one attached hydrogen (secondary N) is 1. The number of benzene rings is 1.